The lowest BCUT2D eigenvalue weighted by molar-refractivity contribution is -1.03. The molecule has 0 fully saturated rings. The van der Waals surface area contributed by atoms with Gasteiger partial charge in [-0.25, -0.2) is 22.0 Å². The molecule has 0 aromatic heterocycles. The molecule has 3 aromatic carbocycles. The molecule has 0 saturated carbocycles. The van der Waals surface area contributed by atoms with Gasteiger partial charge in [-0.2, -0.15) is 8.42 Å². The van der Waals surface area contributed by atoms with Crippen LogP contribution in [0, 0.1) is 36.2 Å². The molecule has 0 aliphatic rings. The molecule has 0 aliphatic carbocycles. The van der Waals surface area contributed by atoms with Crippen LogP contribution < -0.4 is 20.2 Å². The molecule has 3 aromatic rings. The summed E-state index contributed by atoms with van der Waals surface area (Å²) in [5.74, 6) is -12.1. The van der Waals surface area contributed by atoms with Gasteiger partial charge < -0.3 is 0 Å². The number of rotatable bonds is 5. The largest absolute Gasteiger partial charge is 0.342 e. The first-order valence-corrected chi connectivity index (χ1v) is 11.9. The summed E-state index contributed by atoms with van der Waals surface area (Å²) in [5, 5.41) is 0. The van der Waals surface area contributed by atoms with Crippen molar-refractivity contribution in [1.29, 1.82) is 0 Å². The lowest BCUT2D eigenvalue weighted by Gasteiger charge is -2.09. The SMILES string of the molecule is O=S(=O)(O[I+](c1ccccc1)c1ccccc1)c1c(F)c(F)c(F)c(F)c1F. The van der Waals surface area contributed by atoms with Crippen LogP contribution in [0.4, 0.5) is 22.0 Å². The first kappa shape index (κ1) is 20.7. The van der Waals surface area contributed by atoms with Crippen LogP contribution in [-0.4, -0.2) is 8.42 Å². The molecule has 147 valence electrons. The Kier molecular flexibility index (Phi) is 6.01. The molecule has 28 heavy (non-hydrogen) atoms. The first-order chi connectivity index (χ1) is 13.2. The van der Waals surface area contributed by atoms with E-state index in [-0.39, 0.29) is 0 Å². The maximum absolute atomic E-state index is 14.0. The summed E-state index contributed by atoms with van der Waals surface area (Å²) in [4.78, 5) is -2.00. The number of hydrogen-bond acceptors (Lipinski definition) is 3. The van der Waals surface area contributed by atoms with Crippen LogP contribution in [0.2, 0.25) is 0 Å². The summed E-state index contributed by atoms with van der Waals surface area (Å²) < 4.78 is 99.2. The summed E-state index contributed by atoms with van der Waals surface area (Å²) in [7, 11) is -5.31. The van der Waals surface area contributed by atoms with E-state index in [4.69, 9.17) is 2.51 Å². The zero-order chi connectivity index (χ0) is 20.5. The van der Waals surface area contributed by atoms with Crippen molar-refractivity contribution in [3.8, 4) is 0 Å². The standard InChI is InChI=1S/C18H10F5IO3S/c19-13-14(20)16(22)18(17(23)15(13)21)28(25,26)27-24(11-7-3-1-4-8-11)12-9-5-2-6-10-12/h1-10H/q+1. The predicted molar refractivity (Wildman–Crippen MR) is 84.8 cm³/mol. The quantitative estimate of drug-likeness (QED) is 0.218. The number of hydrogen-bond donors (Lipinski definition) is 0. The van der Waals surface area contributed by atoms with E-state index >= 15 is 0 Å². The van der Waals surface area contributed by atoms with Crippen molar-refractivity contribution < 1.29 is 53.1 Å². The monoisotopic (exact) mass is 528 g/mol. The predicted octanol–water partition coefficient (Wildman–Crippen LogP) is 1.37. The fourth-order valence-electron chi connectivity index (χ4n) is 2.18. The van der Waals surface area contributed by atoms with Gasteiger partial charge in [-0.1, -0.05) is 36.4 Å². The molecule has 0 heterocycles. The van der Waals surface area contributed by atoms with Gasteiger partial charge in [0.05, 0.1) is 0 Å². The van der Waals surface area contributed by atoms with Crippen LogP contribution in [0.15, 0.2) is 65.6 Å². The third-order valence-corrected chi connectivity index (χ3v) is 10.8. The molecule has 0 atom stereocenters. The Bertz CT molecular complexity index is 1040. The summed E-state index contributed by atoms with van der Waals surface area (Å²) in [6, 6.07) is 16.0. The lowest BCUT2D eigenvalue weighted by atomic mass is 10.3. The van der Waals surface area contributed by atoms with Crippen molar-refractivity contribution in [2.45, 2.75) is 4.90 Å². The van der Waals surface area contributed by atoms with Crippen LogP contribution in [0.3, 0.4) is 0 Å². The molecule has 10 heteroatoms. The maximum Gasteiger partial charge on any atom is 0.342 e. The molecule has 0 bridgehead atoms. The zero-order valence-electron chi connectivity index (χ0n) is 13.7. The van der Waals surface area contributed by atoms with Gasteiger partial charge in [0.15, 0.2) is 35.3 Å². The van der Waals surface area contributed by atoms with Crippen molar-refractivity contribution in [2.24, 2.45) is 0 Å². The van der Waals surface area contributed by atoms with Crippen LogP contribution in [0.5, 0.6) is 0 Å². The van der Waals surface area contributed by atoms with E-state index in [2.05, 4.69) is 0 Å². The van der Waals surface area contributed by atoms with Crippen molar-refractivity contribution >= 4 is 10.1 Å². The van der Waals surface area contributed by atoms with Crippen LogP contribution >= 0.6 is 0 Å². The molecule has 0 aliphatic heterocycles. The summed E-state index contributed by atoms with van der Waals surface area (Å²) in [5.41, 5.74) is 0. The number of benzene rings is 3. The van der Waals surface area contributed by atoms with Crippen LogP contribution in [0.1, 0.15) is 0 Å². The highest BCUT2D eigenvalue weighted by atomic mass is 127. The van der Waals surface area contributed by atoms with Gasteiger partial charge in [0.2, 0.25) is 5.82 Å². The highest BCUT2D eigenvalue weighted by Crippen LogP contribution is 2.27. The third-order valence-electron chi connectivity index (χ3n) is 3.43. The lowest BCUT2D eigenvalue weighted by Crippen LogP contribution is -3.85. The molecule has 0 unspecified atom stereocenters. The van der Waals surface area contributed by atoms with Crippen LogP contribution in [0.25, 0.3) is 0 Å². The fraction of sp³-hybridized carbons (Fsp3) is 0. The average Bonchev–Trinajstić information content (AvgIpc) is 2.70. The van der Waals surface area contributed by atoms with Gasteiger partial charge in [-0.3, -0.25) is 0 Å². The zero-order valence-corrected chi connectivity index (χ0v) is 16.6. The second-order valence-electron chi connectivity index (χ2n) is 5.26. The highest BCUT2D eigenvalue weighted by molar-refractivity contribution is 7.86. The summed E-state index contributed by atoms with van der Waals surface area (Å²) >= 11 is -3.31. The Hall–Kier alpha value is -2.05. The normalized spacial score (nSPS) is 11.8. The minimum absolute atomic E-state index is 0.449. The molecule has 1 radical (unpaired) electrons. The minimum Gasteiger partial charge on any atom is -0.202 e. The van der Waals surface area contributed by atoms with Crippen molar-refractivity contribution in [3.05, 3.63) is 96.9 Å². The molecule has 0 amide bonds. The minimum atomic E-state index is -5.31. The van der Waals surface area contributed by atoms with E-state index in [1.807, 2.05) is 0 Å². The van der Waals surface area contributed by atoms with Gasteiger partial charge in [0.25, 0.3) is 0 Å². The Labute approximate surface area is 164 Å². The smallest absolute Gasteiger partial charge is 0.202 e. The second kappa shape index (κ2) is 8.13. The van der Waals surface area contributed by atoms with Crippen molar-refractivity contribution in [1.82, 2.24) is 0 Å². The molecular formula is C18H10F5IO3S+. The summed E-state index contributed by atoms with van der Waals surface area (Å²) in [6.07, 6.45) is 0. The van der Waals surface area contributed by atoms with E-state index in [0.717, 1.165) is 0 Å². The van der Waals surface area contributed by atoms with Crippen LogP contribution in [-0.2, 0) is 12.6 Å². The second-order valence-corrected chi connectivity index (χ2v) is 11.7. The Morgan fingerprint density at radius 3 is 1.36 bits per heavy atom. The van der Waals surface area contributed by atoms with Gasteiger partial charge >= 0.3 is 30.4 Å². The van der Waals surface area contributed by atoms with Crippen molar-refractivity contribution in [2.75, 3.05) is 0 Å². The van der Waals surface area contributed by atoms with Gasteiger partial charge in [0, 0.05) is 0 Å². The van der Waals surface area contributed by atoms with Gasteiger partial charge in [-0.05, 0) is 26.8 Å². The Morgan fingerprint density at radius 2 is 0.964 bits per heavy atom. The average molecular weight is 528 g/mol. The first-order valence-electron chi connectivity index (χ1n) is 7.50. The van der Waals surface area contributed by atoms with E-state index in [1.165, 1.54) is 0 Å². The molecule has 0 spiro atoms. The highest BCUT2D eigenvalue weighted by Gasteiger charge is 2.42. The third kappa shape index (κ3) is 3.89. The Balaban J connectivity index is 2.14. The Morgan fingerprint density at radius 1 is 0.607 bits per heavy atom. The molecule has 0 saturated heterocycles. The maximum atomic E-state index is 14.0. The molecule has 3 rings (SSSR count). The van der Waals surface area contributed by atoms with Gasteiger partial charge in [-0.15, -0.1) is 0 Å². The number of halogens is 6. The van der Waals surface area contributed by atoms with Gasteiger partial charge in [0.1, 0.15) is 0 Å². The summed E-state index contributed by atoms with van der Waals surface area (Å²) in [6.45, 7) is 0. The molecule has 0 N–H and O–H groups in total. The topological polar surface area (TPSA) is 43.4 Å². The molecular weight excluding hydrogens is 518 g/mol. The molecule has 3 nitrogen and oxygen atoms in total. The van der Waals surface area contributed by atoms with E-state index in [9.17, 15) is 30.4 Å². The fourth-order valence-corrected chi connectivity index (χ4v) is 9.23. The van der Waals surface area contributed by atoms with Crippen molar-refractivity contribution in [3.63, 3.8) is 0 Å². The van der Waals surface area contributed by atoms with E-state index in [0.29, 0.717) is 7.14 Å². The van der Waals surface area contributed by atoms with E-state index in [1.54, 1.807) is 60.7 Å². The van der Waals surface area contributed by atoms with E-state index < -0.39 is 64.3 Å².